The molecule has 2 atom stereocenters. The number of halogens is 1. The van der Waals surface area contributed by atoms with E-state index in [1.54, 1.807) is 41.3 Å². The average molecular weight is 564 g/mol. The monoisotopic (exact) mass is 563 g/mol. The van der Waals surface area contributed by atoms with Crippen molar-refractivity contribution in [1.82, 2.24) is 4.90 Å². The van der Waals surface area contributed by atoms with Crippen LogP contribution in [0.15, 0.2) is 71.2 Å². The number of ether oxygens (including phenoxy) is 1. The van der Waals surface area contributed by atoms with Gasteiger partial charge in [0.05, 0.1) is 28.7 Å². The molecule has 188 valence electrons. The van der Waals surface area contributed by atoms with Gasteiger partial charge >= 0.3 is 0 Å². The number of fused-ring (bicyclic) bond motifs is 1. The number of β-lactam (4-membered cyclic amide) rings is 1. The number of benzene rings is 3. The molecule has 1 fully saturated rings. The van der Waals surface area contributed by atoms with E-state index in [1.165, 1.54) is 12.1 Å². The Morgan fingerprint density at radius 3 is 2.22 bits per heavy atom. The van der Waals surface area contributed by atoms with Crippen LogP contribution < -0.4 is 9.64 Å². The van der Waals surface area contributed by atoms with E-state index in [9.17, 15) is 24.5 Å². The van der Waals surface area contributed by atoms with Crippen molar-refractivity contribution in [3.63, 3.8) is 0 Å². The van der Waals surface area contributed by atoms with Crippen LogP contribution in [0, 0.1) is 10.1 Å². The predicted octanol–water partition coefficient (Wildman–Crippen LogP) is 5.29. The maximum Gasteiger partial charge on any atom is 0.270 e. The quantitative estimate of drug-likeness (QED) is 0.121. The molecule has 5 rings (SSSR count). The minimum Gasteiger partial charge on any atom is -0.494 e. The fourth-order valence-electron chi connectivity index (χ4n) is 4.66. The molecule has 2 aliphatic rings. The summed E-state index contributed by atoms with van der Waals surface area (Å²) in [5.74, 6) is -1.10. The Morgan fingerprint density at radius 2 is 1.57 bits per heavy atom. The van der Waals surface area contributed by atoms with Gasteiger partial charge in [-0.15, -0.1) is 0 Å². The molecular weight excluding hydrogens is 542 g/mol. The van der Waals surface area contributed by atoms with Gasteiger partial charge in [0.1, 0.15) is 11.8 Å². The number of nitro benzene ring substituents is 1. The fraction of sp³-hybridized carbons (Fsp3) is 0.222. The normalized spacial score (nSPS) is 18.6. The van der Waals surface area contributed by atoms with Gasteiger partial charge in [0, 0.05) is 22.3 Å². The number of unbranched alkanes of at least 4 members (excludes halogenated alkanes) is 1. The van der Waals surface area contributed by atoms with Crippen LogP contribution in [-0.2, 0) is 4.79 Å². The van der Waals surface area contributed by atoms with Crippen LogP contribution >= 0.6 is 15.9 Å². The van der Waals surface area contributed by atoms with Gasteiger partial charge < -0.3 is 9.64 Å². The summed E-state index contributed by atoms with van der Waals surface area (Å²) in [5, 5.41) is 11.2. The lowest BCUT2D eigenvalue weighted by atomic mass is 9.86. The van der Waals surface area contributed by atoms with Crippen LogP contribution in [0.3, 0.4) is 0 Å². The Labute approximate surface area is 220 Å². The second-order valence-corrected chi connectivity index (χ2v) is 9.73. The number of carbonyl (C=O) groups is 3. The van der Waals surface area contributed by atoms with Gasteiger partial charge in [0.15, 0.2) is 0 Å². The van der Waals surface area contributed by atoms with E-state index in [0.717, 1.165) is 33.8 Å². The summed E-state index contributed by atoms with van der Waals surface area (Å²) < 4.78 is 6.59. The Bertz CT molecular complexity index is 1410. The molecule has 10 heteroatoms. The first-order valence-corrected chi connectivity index (χ1v) is 12.6. The van der Waals surface area contributed by atoms with Crippen LogP contribution in [-0.4, -0.2) is 40.2 Å². The van der Waals surface area contributed by atoms with Crippen molar-refractivity contribution in [2.24, 2.45) is 0 Å². The third-order valence-corrected chi connectivity index (χ3v) is 7.08. The van der Waals surface area contributed by atoms with Crippen LogP contribution in [0.25, 0.3) is 0 Å². The lowest BCUT2D eigenvalue weighted by Gasteiger charge is -2.49. The molecule has 0 aromatic heterocycles. The molecular formula is C27H22BrN3O6. The number of nitro groups is 1. The van der Waals surface area contributed by atoms with E-state index in [1.807, 2.05) is 12.1 Å². The fourth-order valence-corrected chi connectivity index (χ4v) is 4.92. The summed E-state index contributed by atoms with van der Waals surface area (Å²) in [4.78, 5) is 53.2. The number of hydrogen-bond acceptors (Lipinski definition) is 6. The summed E-state index contributed by atoms with van der Waals surface area (Å²) in [6, 6.07) is 16.2. The Balaban J connectivity index is 1.51. The van der Waals surface area contributed by atoms with Crippen LogP contribution in [0.5, 0.6) is 5.75 Å². The zero-order valence-electron chi connectivity index (χ0n) is 19.8. The van der Waals surface area contributed by atoms with Crippen LogP contribution in [0.4, 0.5) is 11.4 Å². The zero-order chi connectivity index (χ0) is 26.3. The van der Waals surface area contributed by atoms with Crippen LogP contribution in [0.2, 0.25) is 0 Å². The average Bonchev–Trinajstić information content (AvgIpc) is 3.13. The highest BCUT2D eigenvalue weighted by Gasteiger charge is 2.57. The lowest BCUT2D eigenvalue weighted by molar-refractivity contribution is -0.384. The molecule has 2 aliphatic heterocycles. The number of carbonyl (C=O) groups excluding carboxylic acids is 3. The standard InChI is InChI=1S/C27H22BrN3O6/c1-2-3-14-37-20-11-4-16(5-12-20)23-24(27(34)29(23)18-8-6-17(28)7-9-18)30-25(32)21-13-10-19(31(35)36)15-22(21)26(30)33/h4-13,15,23-24H,2-3,14H2,1H3/t23-,24-/m1/s1. The Hall–Kier alpha value is -4.05. The Kier molecular flexibility index (Phi) is 6.51. The third-order valence-electron chi connectivity index (χ3n) is 6.55. The number of hydrogen-bond donors (Lipinski definition) is 0. The first kappa shape index (κ1) is 24.6. The van der Waals surface area contributed by atoms with Gasteiger partial charge in [-0.3, -0.25) is 29.4 Å². The number of amides is 3. The molecule has 0 spiro atoms. The van der Waals surface area contributed by atoms with E-state index >= 15 is 0 Å². The number of anilines is 1. The van der Waals surface area contributed by atoms with Crippen molar-refractivity contribution in [3.05, 3.63) is 98.0 Å². The molecule has 1 saturated heterocycles. The number of nitrogens with zero attached hydrogens (tertiary/aromatic N) is 3. The molecule has 0 radical (unpaired) electrons. The summed E-state index contributed by atoms with van der Waals surface area (Å²) >= 11 is 3.39. The first-order valence-electron chi connectivity index (χ1n) is 11.8. The molecule has 3 amide bonds. The van der Waals surface area contributed by atoms with E-state index in [2.05, 4.69) is 22.9 Å². The van der Waals surface area contributed by atoms with Gasteiger partial charge in [-0.05, 0) is 54.4 Å². The van der Waals surface area contributed by atoms with Gasteiger partial charge in [-0.2, -0.15) is 0 Å². The molecule has 37 heavy (non-hydrogen) atoms. The van der Waals surface area contributed by atoms with Crippen molar-refractivity contribution in [2.75, 3.05) is 11.5 Å². The molecule has 3 aromatic rings. The van der Waals surface area contributed by atoms with Crippen molar-refractivity contribution >= 4 is 45.0 Å². The van der Waals surface area contributed by atoms with E-state index in [-0.39, 0.29) is 16.8 Å². The minimum absolute atomic E-state index is 0.0453. The van der Waals surface area contributed by atoms with E-state index in [4.69, 9.17) is 4.74 Å². The second kappa shape index (κ2) is 9.78. The van der Waals surface area contributed by atoms with Gasteiger partial charge in [-0.1, -0.05) is 41.4 Å². The first-order chi connectivity index (χ1) is 17.8. The predicted molar refractivity (Wildman–Crippen MR) is 139 cm³/mol. The summed E-state index contributed by atoms with van der Waals surface area (Å²) in [5.41, 5.74) is 1.01. The lowest BCUT2D eigenvalue weighted by Crippen LogP contribution is -2.67. The highest BCUT2D eigenvalue weighted by Crippen LogP contribution is 2.45. The molecule has 3 aromatic carbocycles. The van der Waals surface area contributed by atoms with E-state index in [0.29, 0.717) is 18.0 Å². The topological polar surface area (TPSA) is 110 Å². The van der Waals surface area contributed by atoms with E-state index < -0.39 is 34.7 Å². The van der Waals surface area contributed by atoms with Gasteiger partial charge in [0.25, 0.3) is 23.4 Å². The SMILES string of the molecule is CCCCOc1ccc([C@@H]2[C@@H](N3C(=O)c4ccc([N+](=O)[O-])cc4C3=O)C(=O)N2c2ccc(Br)cc2)cc1. The number of rotatable bonds is 8. The van der Waals surface area contributed by atoms with Crippen molar-refractivity contribution < 1.29 is 24.0 Å². The summed E-state index contributed by atoms with van der Waals surface area (Å²) in [6.07, 6.45) is 1.94. The van der Waals surface area contributed by atoms with Crippen LogP contribution in [0.1, 0.15) is 52.1 Å². The Morgan fingerprint density at radius 1 is 0.892 bits per heavy atom. The molecule has 0 unspecified atom stereocenters. The molecule has 9 nitrogen and oxygen atoms in total. The zero-order valence-corrected chi connectivity index (χ0v) is 21.4. The van der Waals surface area contributed by atoms with Crippen molar-refractivity contribution in [1.29, 1.82) is 0 Å². The van der Waals surface area contributed by atoms with Crippen molar-refractivity contribution in [2.45, 2.75) is 31.8 Å². The minimum atomic E-state index is -1.10. The molecule has 0 N–H and O–H groups in total. The van der Waals surface area contributed by atoms with Gasteiger partial charge in [0.2, 0.25) is 0 Å². The largest absolute Gasteiger partial charge is 0.494 e. The number of non-ortho nitro benzene ring substituents is 1. The molecule has 0 bridgehead atoms. The second-order valence-electron chi connectivity index (χ2n) is 8.81. The molecule has 0 aliphatic carbocycles. The van der Waals surface area contributed by atoms with Crippen molar-refractivity contribution in [3.8, 4) is 5.75 Å². The highest BCUT2D eigenvalue weighted by molar-refractivity contribution is 9.10. The summed E-state index contributed by atoms with van der Waals surface area (Å²) in [6.45, 7) is 2.67. The molecule has 0 saturated carbocycles. The highest BCUT2D eigenvalue weighted by atomic mass is 79.9. The molecule has 2 heterocycles. The smallest absolute Gasteiger partial charge is 0.270 e. The number of imide groups is 1. The maximum absolute atomic E-state index is 13.5. The van der Waals surface area contributed by atoms with Gasteiger partial charge in [-0.25, -0.2) is 0 Å². The maximum atomic E-state index is 13.5. The summed E-state index contributed by atoms with van der Waals surface area (Å²) in [7, 11) is 0. The third kappa shape index (κ3) is 4.27.